The number of hydrogen-bond donors (Lipinski definition) is 2. The standard InChI is InChI=1S/C13H12ClNO/c14-12-4-2-1-3-11(12)13(15)9-5-7-10(16)8-6-9/h1-8,13,16H,15H2. The van der Waals surface area contributed by atoms with Crippen LogP contribution in [0, 0.1) is 0 Å². The molecule has 2 aromatic rings. The molecule has 0 saturated heterocycles. The first-order chi connectivity index (χ1) is 7.68. The number of aromatic hydroxyl groups is 1. The van der Waals surface area contributed by atoms with Gasteiger partial charge in [-0.2, -0.15) is 0 Å². The first-order valence-corrected chi connectivity index (χ1v) is 5.35. The van der Waals surface area contributed by atoms with Crippen LogP contribution in [-0.4, -0.2) is 5.11 Å². The minimum atomic E-state index is -0.269. The van der Waals surface area contributed by atoms with Gasteiger partial charge in [-0.05, 0) is 29.3 Å². The van der Waals surface area contributed by atoms with Gasteiger partial charge in [0, 0.05) is 5.02 Å². The Labute approximate surface area is 99.3 Å². The van der Waals surface area contributed by atoms with Gasteiger partial charge in [-0.15, -0.1) is 0 Å². The Morgan fingerprint density at radius 2 is 1.62 bits per heavy atom. The van der Waals surface area contributed by atoms with E-state index in [-0.39, 0.29) is 11.8 Å². The van der Waals surface area contributed by atoms with Gasteiger partial charge in [-0.1, -0.05) is 41.9 Å². The Morgan fingerprint density at radius 3 is 2.25 bits per heavy atom. The summed E-state index contributed by atoms with van der Waals surface area (Å²) in [7, 11) is 0. The summed E-state index contributed by atoms with van der Waals surface area (Å²) in [6.45, 7) is 0. The molecule has 0 radical (unpaired) electrons. The lowest BCUT2D eigenvalue weighted by Crippen LogP contribution is -2.11. The molecule has 2 rings (SSSR count). The normalized spacial score (nSPS) is 12.4. The van der Waals surface area contributed by atoms with E-state index < -0.39 is 0 Å². The maximum atomic E-state index is 9.20. The number of hydrogen-bond acceptors (Lipinski definition) is 2. The van der Waals surface area contributed by atoms with Crippen molar-refractivity contribution in [2.45, 2.75) is 6.04 Å². The van der Waals surface area contributed by atoms with Crippen molar-refractivity contribution in [1.29, 1.82) is 0 Å². The Morgan fingerprint density at radius 1 is 1.00 bits per heavy atom. The summed E-state index contributed by atoms with van der Waals surface area (Å²) in [6.07, 6.45) is 0. The highest BCUT2D eigenvalue weighted by atomic mass is 35.5. The van der Waals surface area contributed by atoms with Crippen LogP contribution in [0.4, 0.5) is 0 Å². The molecule has 0 aliphatic rings. The van der Waals surface area contributed by atoms with Gasteiger partial charge in [0.2, 0.25) is 0 Å². The fourth-order valence-electron chi connectivity index (χ4n) is 1.59. The average Bonchev–Trinajstić information content (AvgIpc) is 2.30. The zero-order valence-corrected chi connectivity index (χ0v) is 9.35. The average molecular weight is 234 g/mol. The highest BCUT2D eigenvalue weighted by molar-refractivity contribution is 6.31. The van der Waals surface area contributed by atoms with Gasteiger partial charge in [-0.25, -0.2) is 0 Å². The van der Waals surface area contributed by atoms with E-state index in [1.807, 2.05) is 24.3 Å². The van der Waals surface area contributed by atoms with E-state index in [0.717, 1.165) is 11.1 Å². The lowest BCUT2D eigenvalue weighted by Gasteiger charge is -2.14. The van der Waals surface area contributed by atoms with E-state index in [1.165, 1.54) is 0 Å². The molecule has 0 fully saturated rings. The summed E-state index contributed by atoms with van der Waals surface area (Å²) in [6, 6.07) is 14.0. The smallest absolute Gasteiger partial charge is 0.115 e. The molecule has 0 heterocycles. The number of halogens is 1. The zero-order valence-electron chi connectivity index (χ0n) is 8.60. The molecular weight excluding hydrogens is 222 g/mol. The fourth-order valence-corrected chi connectivity index (χ4v) is 1.84. The molecule has 0 saturated carbocycles. The highest BCUT2D eigenvalue weighted by Gasteiger charge is 2.11. The van der Waals surface area contributed by atoms with Crippen LogP contribution < -0.4 is 5.73 Å². The molecule has 0 bridgehead atoms. The SMILES string of the molecule is NC(c1ccc(O)cc1)c1ccccc1Cl. The second-order valence-corrected chi connectivity index (χ2v) is 4.00. The Balaban J connectivity index is 2.35. The van der Waals surface area contributed by atoms with Crippen LogP contribution >= 0.6 is 11.6 Å². The number of benzene rings is 2. The first kappa shape index (κ1) is 11.0. The monoisotopic (exact) mass is 233 g/mol. The maximum Gasteiger partial charge on any atom is 0.115 e. The van der Waals surface area contributed by atoms with Crippen molar-refractivity contribution in [2.24, 2.45) is 5.73 Å². The van der Waals surface area contributed by atoms with Crippen molar-refractivity contribution in [3.63, 3.8) is 0 Å². The van der Waals surface area contributed by atoms with Crippen LogP contribution in [0.15, 0.2) is 48.5 Å². The third-order valence-electron chi connectivity index (χ3n) is 2.49. The molecule has 0 amide bonds. The van der Waals surface area contributed by atoms with Crippen molar-refractivity contribution in [1.82, 2.24) is 0 Å². The van der Waals surface area contributed by atoms with Crippen LogP contribution in [0.5, 0.6) is 5.75 Å². The molecule has 3 N–H and O–H groups in total. The van der Waals surface area contributed by atoms with Gasteiger partial charge in [0.1, 0.15) is 5.75 Å². The van der Waals surface area contributed by atoms with Crippen molar-refractivity contribution in [3.05, 3.63) is 64.7 Å². The second kappa shape index (κ2) is 4.56. The molecule has 0 spiro atoms. The summed E-state index contributed by atoms with van der Waals surface area (Å²) in [5.41, 5.74) is 7.91. The molecule has 1 atom stereocenters. The molecule has 0 aliphatic carbocycles. The lowest BCUT2D eigenvalue weighted by atomic mass is 9.99. The van der Waals surface area contributed by atoms with Gasteiger partial charge < -0.3 is 10.8 Å². The summed E-state index contributed by atoms with van der Waals surface area (Å²) in [5.74, 6) is 0.232. The van der Waals surface area contributed by atoms with E-state index >= 15 is 0 Å². The predicted molar refractivity (Wildman–Crippen MR) is 65.6 cm³/mol. The van der Waals surface area contributed by atoms with E-state index in [1.54, 1.807) is 24.3 Å². The topological polar surface area (TPSA) is 46.2 Å². The van der Waals surface area contributed by atoms with Gasteiger partial charge in [0.05, 0.1) is 6.04 Å². The minimum Gasteiger partial charge on any atom is -0.508 e. The molecule has 2 aromatic carbocycles. The van der Waals surface area contributed by atoms with Crippen LogP contribution in [-0.2, 0) is 0 Å². The van der Waals surface area contributed by atoms with Crippen LogP contribution in [0.25, 0.3) is 0 Å². The van der Waals surface area contributed by atoms with E-state index in [9.17, 15) is 5.11 Å². The Bertz CT molecular complexity index is 482. The lowest BCUT2D eigenvalue weighted by molar-refractivity contribution is 0.475. The Hall–Kier alpha value is -1.51. The number of rotatable bonds is 2. The van der Waals surface area contributed by atoms with E-state index in [4.69, 9.17) is 17.3 Å². The third kappa shape index (κ3) is 2.18. The molecule has 1 unspecified atom stereocenters. The molecule has 2 nitrogen and oxygen atoms in total. The summed E-state index contributed by atoms with van der Waals surface area (Å²) in [4.78, 5) is 0. The molecular formula is C13H12ClNO. The highest BCUT2D eigenvalue weighted by Crippen LogP contribution is 2.26. The van der Waals surface area contributed by atoms with Gasteiger partial charge >= 0.3 is 0 Å². The van der Waals surface area contributed by atoms with Crippen molar-refractivity contribution >= 4 is 11.6 Å². The van der Waals surface area contributed by atoms with Crippen molar-refractivity contribution in [3.8, 4) is 5.75 Å². The van der Waals surface area contributed by atoms with Crippen molar-refractivity contribution in [2.75, 3.05) is 0 Å². The van der Waals surface area contributed by atoms with Crippen LogP contribution in [0.2, 0.25) is 5.02 Å². The zero-order chi connectivity index (χ0) is 11.5. The van der Waals surface area contributed by atoms with Crippen molar-refractivity contribution < 1.29 is 5.11 Å². The minimum absolute atomic E-state index is 0.232. The third-order valence-corrected chi connectivity index (χ3v) is 2.84. The second-order valence-electron chi connectivity index (χ2n) is 3.59. The fraction of sp³-hybridized carbons (Fsp3) is 0.0769. The van der Waals surface area contributed by atoms with E-state index in [2.05, 4.69) is 0 Å². The molecule has 82 valence electrons. The molecule has 0 aromatic heterocycles. The first-order valence-electron chi connectivity index (χ1n) is 4.97. The quantitative estimate of drug-likeness (QED) is 0.837. The Kier molecular flexibility index (Phi) is 3.13. The summed E-state index contributed by atoms with van der Waals surface area (Å²) in [5, 5.41) is 9.85. The van der Waals surface area contributed by atoms with Gasteiger partial charge in [0.25, 0.3) is 0 Å². The molecule has 0 aliphatic heterocycles. The largest absolute Gasteiger partial charge is 0.508 e. The maximum absolute atomic E-state index is 9.20. The van der Waals surface area contributed by atoms with E-state index in [0.29, 0.717) is 5.02 Å². The number of phenolic OH excluding ortho intramolecular Hbond substituents is 1. The number of nitrogens with two attached hydrogens (primary N) is 1. The summed E-state index contributed by atoms with van der Waals surface area (Å²) < 4.78 is 0. The predicted octanol–water partition coefficient (Wildman–Crippen LogP) is 3.09. The number of phenols is 1. The van der Waals surface area contributed by atoms with Crippen LogP contribution in [0.1, 0.15) is 17.2 Å². The van der Waals surface area contributed by atoms with Crippen LogP contribution in [0.3, 0.4) is 0 Å². The van der Waals surface area contributed by atoms with Gasteiger partial charge in [-0.3, -0.25) is 0 Å². The molecule has 16 heavy (non-hydrogen) atoms. The molecule has 3 heteroatoms. The summed E-state index contributed by atoms with van der Waals surface area (Å²) >= 11 is 6.07. The van der Waals surface area contributed by atoms with Gasteiger partial charge in [0.15, 0.2) is 0 Å².